The number of hydrogen-bond acceptors (Lipinski definition) is 17. The zero-order valence-electron chi connectivity index (χ0n) is 38.7. The van der Waals surface area contributed by atoms with E-state index < -0.39 is 42.2 Å². The first-order valence-corrected chi connectivity index (χ1v) is 24.5. The number of nitrogens with one attached hydrogen (secondary N) is 5. The minimum Gasteiger partial charge on any atom is -0.385 e. The van der Waals surface area contributed by atoms with E-state index in [9.17, 15) is 28.9 Å². The van der Waals surface area contributed by atoms with Crippen LogP contribution >= 0.6 is 6.49 Å². The predicted octanol–water partition coefficient (Wildman–Crippen LogP) is -0.573. The van der Waals surface area contributed by atoms with Crippen LogP contribution in [0.5, 0.6) is 0 Å². The van der Waals surface area contributed by atoms with Crippen molar-refractivity contribution < 1.29 is 80.8 Å². The zero-order valence-corrected chi connectivity index (χ0v) is 40.4. The monoisotopic (exact) mass is 963 g/mol. The van der Waals surface area contributed by atoms with Crippen molar-refractivity contribution in [2.75, 3.05) is 160 Å². The highest BCUT2D eigenvalue weighted by Crippen LogP contribution is 2.47. The van der Waals surface area contributed by atoms with E-state index in [4.69, 9.17) is 63.7 Å². The van der Waals surface area contributed by atoms with Gasteiger partial charge in [-0.05, 0) is 31.1 Å². The molecule has 0 saturated carbocycles. The Labute approximate surface area is 384 Å². The third-order valence-electron chi connectivity index (χ3n) is 8.53. The van der Waals surface area contributed by atoms with Gasteiger partial charge < -0.3 is 83.4 Å². The maximum atomic E-state index is 13.2. The van der Waals surface area contributed by atoms with Crippen molar-refractivity contribution in [3.05, 3.63) is 0 Å². The first-order chi connectivity index (χ1) is 30.9. The van der Waals surface area contributed by atoms with Gasteiger partial charge in [-0.15, -0.1) is 0 Å². The molecule has 0 spiro atoms. The molecule has 24 heteroatoms. The molecule has 0 fully saturated rings. The lowest BCUT2D eigenvalue weighted by Gasteiger charge is -2.21. The van der Waals surface area contributed by atoms with Crippen LogP contribution in [0.25, 0.3) is 0 Å². The Morgan fingerprint density at radius 2 is 0.844 bits per heavy atom. The van der Waals surface area contributed by atoms with Gasteiger partial charge in [0.25, 0.3) is 0 Å². The number of hydrogen-bond donors (Lipinski definition) is 6. The molecule has 3 atom stereocenters. The fraction of sp³-hybridized carbons (Fsp3) is 0.875. The second kappa shape index (κ2) is 43.1. The van der Waals surface area contributed by atoms with Gasteiger partial charge in [0, 0.05) is 79.1 Å². The molecule has 0 radical (unpaired) electrons. The first kappa shape index (κ1) is 61.5. The molecule has 0 aromatic rings. The van der Waals surface area contributed by atoms with Gasteiger partial charge >= 0.3 is 0 Å². The minimum atomic E-state index is -2.78. The van der Waals surface area contributed by atoms with Crippen molar-refractivity contribution in [3.8, 4) is 0 Å². The lowest BCUT2D eigenvalue weighted by Crippen LogP contribution is -2.50. The molecular weight excluding hydrogens is 885 g/mol. The Morgan fingerprint density at radius 3 is 1.31 bits per heavy atom. The van der Waals surface area contributed by atoms with Crippen molar-refractivity contribution in [2.45, 2.75) is 70.1 Å². The van der Waals surface area contributed by atoms with Crippen LogP contribution in [0.1, 0.15) is 52.4 Å². The van der Waals surface area contributed by atoms with Gasteiger partial charge in [-0.2, -0.15) is 0 Å². The summed E-state index contributed by atoms with van der Waals surface area (Å²) in [4.78, 5) is 74.9. The normalized spacial score (nSPS) is 13.2. The highest BCUT2D eigenvalue weighted by Gasteiger charge is 2.25. The summed E-state index contributed by atoms with van der Waals surface area (Å²) in [5.74, 6) is -2.39. The zero-order chi connectivity index (χ0) is 47.5. The Bertz CT molecular complexity index is 1260. The van der Waals surface area contributed by atoms with Gasteiger partial charge in [-0.1, -0.05) is 13.8 Å². The van der Waals surface area contributed by atoms with E-state index in [-0.39, 0.29) is 103 Å². The Kier molecular flexibility index (Phi) is 41.4. The van der Waals surface area contributed by atoms with Gasteiger partial charge in [-0.25, -0.2) is 0 Å². The molecule has 6 N–H and O–H groups in total. The quantitative estimate of drug-likeness (QED) is 0.0330. The largest absolute Gasteiger partial charge is 0.385 e. The number of rotatable bonds is 46. The van der Waals surface area contributed by atoms with Gasteiger partial charge in [0.15, 0.2) is 6.49 Å². The van der Waals surface area contributed by atoms with Crippen molar-refractivity contribution in [2.24, 2.45) is 0 Å². The van der Waals surface area contributed by atoms with Crippen LogP contribution in [0.3, 0.4) is 0 Å². The molecule has 64 heavy (non-hydrogen) atoms. The lowest BCUT2D eigenvalue weighted by molar-refractivity contribution is -0.131. The van der Waals surface area contributed by atoms with E-state index >= 15 is 0 Å². The topological polar surface area (TPSA) is 267 Å². The van der Waals surface area contributed by atoms with Crippen LogP contribution < -0.4 is 26.6 Å². The second-order valence-electron chi connectivity index (χ2n) is 14.1. The number of amides is 5. The molecule has 3 unspecified atom stereocenters. The molecule has 5 amide bonds. The summed E-state index contributed by atoms with van der Waals surface area (Å²) in [7, 11) is 4.69. The standard InChI is InChI=1S/C40H78N5O17PS/c1-33(2)63(51,64)62-32-31-61-30-29-60-28-27-59-26-25-56-17-11-38(48)45-35(40(50)43-14-20-58-24-22-54-5)8-10-37(47)44-34(39(49)42-13-19-57-23-21-53-4)7-9-36(46)41-12-18-55-16-6-15-52-3/h33-35H,6-32H2,1-5H3,(H,41,46)(H,42,49)(H,43,50)(H,44,47)(H,45,48)(H,51,64). The van der Waals surface area contributed by atoms with Crippen molar-refractivity contribution in [3.63, 3.8) is 0 Å². The molecule has 0 aromatic carbocycles. The fourth-order valence-corrected chi connectivity index (χ4v) is 5.77. The molecule has 0 aliphatic rings. The summed E-state index contributed by atoms with van der Waals surface area (Å²) in [5, 5.41) is 13.5. The number of ether oxygens (including phenoxy) is 10. The summed E-state index contributed by atoms with van der Waals surface area (Å²) in [6.45, 7) is 7.13. The van der Waals surface area contributed by atoms with Gasteiger partial charge in [0.2, 0.25) is 29.5 Å². The fourth-order valence-electron chi connectivity index (χ4n) is 4.91. The third kappa shape index (κ3) is 37.7. The minimum absolute atomic E-state index is 0.00114. The molecule has 0 aromatic heterocycles. The molecule has 0 rings (SSSR count). The molecule has 0 bridgehead atoms. The van der Waals surface area contributed by atoms with E-state index in [0.717, 1.165) is 6.42 Å². The second-order valence-corrected chi connectivity index (χ2v) is 18.1. The van der Waals surface area contributed by atoms with Crippen LogP contribution in [-0.4, -0.2) is 212 Å². The smallest absolute Gasteiger partial charge is 0.242 e. The van der Waals surface area contributed by atoms with Crippen LogP contribution in [0.2, 0.25) is 0 Å². The number of carbonyl (C=O) groups is 5. The Balaban J connectivity index is 4.94. The lowest BCUT2D eigenvalue weighted by atomic mass is 10.1. The summed E-state index contributed by atoms with van der Waals surface area (Å²) >= 11 is 5.06. The predicted molar refractivity (Wildman–Crippen MR) is 240 cm³/mol. The van der Waals surface area contributed by atoms with Gasteiger partial charge in [-0.3, -0.25) is 24.0 Å². The van der Waals surface area contributed by atoms with Crippen molar-refractivity contribution in [1.29, 1.82) is 0 Å². The third-order valence-corrected chi connectivity index (χ3v) is 12.0. The van der Waals surface area contributed by atoms with Gasteiger partial charge in [0.1, 0.15) is 12.1 Å². The summed E-state index contributed by atoms with van der Waals surface area (Å²) in [6.07, 6.45) is 0.303. The van der Waals surface area contributed by atoms with E-state index in [1.165, 1.54) is 0 Å². The molecule has 22 nitrogen and oxygen atoms in total. The number of methoxy groups -OCH3 is 3. The van der Waals surface area contributed by atoms with E-state index in [1.807, 2.05) is 13.8 Å². The van der Waals surface area contributed by atoms with Gasteiger partial charge in [0.05, 0.1) is 106 Å². The first-order valence-electron chi connectivity index (χ1n) is 21.8. The van der Waals surface area contributed by atoms with E-state index in [0.29, 0.717) is 79.3 Å². The Hall–Kier alpha value is -2.48. The highest BCUT2D eigenvalue weighted by atomic mass is 32.5. The number of carbonyl (C=O) groups excluding carboxylic acids is 5. The van der Waals surface area contributed by atoms with E-state index in [1.54, 1.807) is 21.3 Å². The molecule has 0 saturated heterocycles. The highest BCUT2D eigenvalue weighted by molar-refractivity contribution is 8.09. The molecule has 0 heterocycles. The maximum Gasteiger partial charge on any atom is 0.242 e. The molecular formula is C40H78N5O17PS. The SMILES string of the molecule is COCCCOCCNC(=O)CCC(NC(=O)CCC(NC(=O)CCOCCOCCOCCOCCOP(O)(=S)C(C)C)C(=O)NCCOCCOC)C(=O)NCCOCCOC. The molecule has 0 aliphatic carbocycles. The average Bonchev–Trinajstić information content (AvgIpc) is 3.26. The van der Waals surface area contributed by atoms with Crippen LogP contribution in [-0.2, 0) is 87.7 Å². The Morgan fingerprint density at radius 1 is 0.469 bits per heavy atom. The average molecular weight is 964 g/mol. The van der Waals surface area contributed by atoms with Crippen LogP contribution in [0.15, 0.2) is 0 Å². The van der Waals surface area contributed by atoms with Crippen LogP contribution in [0, 0.1) is 0 Å². The van der Waals surface area contributed by atoms with Crippen molar-refractivity contribution >= 4 is 47.8 Å². The maximum absolute atomic E-state index is 13.2. The van der Waals surface area contributed by atoms with E-state index in [2.05, 4.69) is 26.6 Å². The van der Waals surface area contributed by atoms with Crippen molar-refractivity contribution in [1.82, 2.24) is 26.6 Å². The summed E-state index contributed by atoms with van der Waals surface area (Å²) in [5.41, 5.74) is -0.113. The summed E-state index contributed by atoms with van der Waals surface area (Å²) in [6, 6.07) is -2.15. The summed E-state index contributed by atoms with van der Waals surface area (Å²) < 4.78 is 58.3. The van der Waals surface area contributed by atoms with Crippen LogP contribution in [0.4, 0.5) is 0 Å². The molecule has 0 aliphatic heterocycles. The molecule has 376 valence electrons.